The zero-order valence-corrected chi connectivity index (χ0v) is 12.8. The predicted octanol–water partition coefficient (Wildman–Crippen LogP) is 3.10. The number of methoxy groups -OCH3 is 2. The van der Waals surface area contributed by atoms with Gasteiger partial charge >= 0.3 is 11.9 Å². The van der Waals surface area contributed by atoms with E-state index in [1.54, 1.807) is 19.3 Å². The predicted molar refractivity (Wildman–Crippen MR) is 85.4 cm³/mol. The van der Waals surface area contributed by atoms with Crippen molar-refractivity contribution in [3.05, 3.63) is 65.7 Å². The molecule has 2 aromatic carbocycles. The molecule has 0 fully saturated rings. The average Bonchev–Trinajstić information content (AvgIpc) is 2.60. The van der Waals surface area contributed by atoms with Gasteiger partial charge in [0.05, 0.1) is 19.8 Å². The molecule has 0 saturated heterocycles. The van der Waals surface area contributed by atoms with Gasteiger partial charge in [0.2, 0.25) is 0 Å². The lowest BCUT2D eigenvalue weighted by atomic mass is 10.2. The molecule has 0 aliphatic heterocycles. The molecule has 0 unspecified atom stereocenters. The number of para-hydroxylation sites is 1. The van der Waals surface area contributed by atoms with Crippen molar-refractivity contribution in [1.29, 1.82) is 0 Å². The van der Waals surface area contributed by atoms with Crippen LogP contribution in [0.25, 0.3) is 6.08 Å². The standard InChI is InChI=1S/C18H16O5/c1-21-16-6-4-3-5-13(16)9-12-17(19)23-15-10-7-14(8-11-15)18(20)22-2/h3-12H,1-2H3/b12-9+. The van der Waals surface area contributed by atoms with E-state index < -0.39 is 11.9 Å². The fourth-order valence-corrected chi connectivity index (χ4v) is 1.89. The number of carbonyl (C=O) groups excluding carboxylic acids is 2. The van der Waals surface area contributed by atoms with Gasteiger partial charge in [-0.1, -0.05) is 18.2 Å². The number of benzene rings is 2. The molecule has 5 nitrogen and oxygen atoms in total. The van der Waals surface area contributed by atoms with Crippen LogP contribution in [0.3, 0.4) is 0 Å². The Bertz CT molecular complexity index is 716. The minimum Gasteiger partial charge on any atom is -0.496 e. The Morgan fingerprint density at radius 1 is 0.957 bits per heavy atom. The molecule has 0 amide bonds. The fourth-order valence-electron chi connectivity index (χ4n) is 1.89. The number of hydrogen-bond donors (Lipinski definition) is 0. The third-order valence-corrected chi connectivity index (χ3v) is 3.03. The first kappa shape index (κ1) is 16.3. The van der Waals surface area contributed by atoms with Crippen molar-refractivity contribution in [2.45, 2.75) is 0 Å². The van der Waals surface area contributed by atoms with Crippen LogP contribution in [0, 0.1) is 0 Å². The van der Waals surface area contributed by atoms with Gasteiger partial charge in [-0.2, -0.15) is 0 Å². The molecule has 0 N–H and O–H groups in total. The lowest BCUT2D eigenvalue weighted by Crippen LogP contribution is -2.05. The van der Waals surface area contributed by atoms with Gasteiger partial charge in [0.15, 0.2) is 0 Å². The van der Waals surface area contributed by atoms with Crippen molar-refractivity contribution in [2.75, 3.05) is 14.2 Å². The third kappa shape index (κ3) is 4.44. The third-order valence-electron chi connectivity index (χ3n) is 3.03. The number of carbonyl (C=O) groups is 2. The molecular weight excluding hydrogens is 296 g/mol. The highest BCUT2D eigenvalue weighted by atomic mass is 16.5. The van der Waals surface area contributed by atoms with Crippen LogP contribution in [0.1, 0.15) is 15.9 Å². The average molecular weight is 312 g/mol. The second-order valence-electron chi connectivity index (χ2n) is 4.51. The van der Waals surface area contributed by atoms with E-state index in [0.717, 1.165) is 5.56 Å². The largest absolute Gasteiger partial charge is 0.496 e. The van der Waals surface area contributed by atoms with Gasteiger partial charge in [-0.25, -0.2) is 9.59 Å². The van der Waals surface area contributed by atoms with Crippen LogP contribution in [0.15, 0.2) is 54.6 Å². The molecule has 0 saturated carbocycles. The van der Waals surface area contributed by atoms with E-state index in [2.05, 4.69) is 4.74 Å². The molecule has 0 spiro atoms. The van der Waals surface area contributed by atoms with Gasteiger partial charge < -0.3 is 14.2 Å². The molecule has 5 heteroatoms. The number of ether oxygens (including phenoxy) is 3. The minimum atomic E-state index is -0.526. The molecule has 2 aromatic rings. The van der Waals surface area contributed by atoms with Crippen LogP contribution in [0.4, 0.5) is 0 Å². The van der Waals surface area contributed by atoms with Crippen LogP contribution in [-0.4, -0.2) is 26.2 Å². The van der Waals surface area contributed by atoms with Crippen molar-refractivity contribution >= 4 is 18.0 Å². The molecular formula is C18H16O5. The molecule has 2 rings (SSSR count). The normalized spacial score (nSPS) is 10.3. The summed E-state index contributed by atoms with van der Waals surface area (Å²) in [6, 6.07) is 13.4. The lowest BCUT2D eigenvalue weighted by Gasteiger charge is -2.04. The molecule has 0 aliphatic rings. The Balaban J connectivity index is 2.02. The maximum absolute atomic E-state index is 11.8. The van der Waals surface area contributed by atoms with E-state index in [4.69, 9.17) is 9.47 Å². The summed E-state index contributed by atoms with van der Waals surface area (Å²) in [6.45, 7) is 0. The van der Waals surface area contributed by atoms with E-state index in [1.807, 2.05) is 18.2 Å². The maximum atomic E-state index is 11.8. The highest BCUT2D eigenvalue weighted by molar-refractivity contribution is 5.90. The second-order valence-corrected chi connectivity index (χ2v) is 4.51. The van der Waals surface area contributed by atoms with Crippen LogP contribution in [0.2, 0.25) is 0 Å². The number of esters is 2. The van der Waals surface area contributed by atoms with E-state index in [1.165, 1.54) is 37.5 Å². The van der Waals surface area contributed by atoms with E-state index in [9.17, 15) is 9.59 Å². The summed E-state index contributed by atoms with van der Waals surface area (Å²) >= 11 is 0. The van der Waals surface area contributed by atoms with Crippen LogP contribution in [0.5, 0.6) is 11.5 Å². The van der Waals surface area contributed by atoms with E-state index >= 15 is 0 Å². The summed E-state index contributed by atoms with van der Waals surface area (Å²) < 4.78 is 15.0. The first-order chi connectivity index (χ1) is 11.1. The maximum Gasteiger partial charge on any atom is 0.337 e. The quantitative estimate of drug-likeness (QED) is 0.482. The van der Waals surface area contributed by atoms with Crippen LogP contribution >= 0.6 is 0 Å². The molecule has 0 heterocycles. The SMILES string of the molecule is COC(=O)c1ccc(OC(=O)/C=C/c2ccccc2OC)cc1. The zero-order valence-electron chi connectivity index (χ0n) is 12.8. The molecule has 0 bridgehead atoms. The molecule has 23 heavy (non-hydrogen) atoms. The Morgan fingerprint density at radius 3 is 2.30 bits per heavy atom. The lowest BCUT2D eigenvalue weighted by molar-refractivity contribution is -0.128. The van der Waals surface area contributed by atoms with Gasteiger partial charge in [-0.05, 0) is 36.4 Å². The first-order valence-corrected chi connectivity index (χ1v) is 6.85. The Morgan fingerprint density at radius 2 is 1.65 bits per heavy atom. The van der Waals surface area contributed by atoms with Gasteiger partial charge in [0.1, 0.15) is 11.5 Å². The van der Waals surface area contributed by atoms with E-state index in [0.29, 0.717) is 17.1 Å². The zero-order chi connectivity index (χ0) is 16.7. The van der Waals surface area contributed by atoms with E-state index in [-0.39, 0.29) is 0 Å². The highest BCUT2D eigenvalue weighted by Crippen LogP contribution is 2.19. The summed E-state index contributed by atoms with van der Waals surface area (Å²) in [5.74, 6) is 0.0342. The summed E-state index contributed by atoms with van der Waals surface area (Å²) in [7, 11) is 2.87. The van der Waals surface area contributed by atoms with Crippen molar-refractivity contribution in [3.63, 3.8) is 0 Å². The van der Waals surface area contributed by atoms with Gasteiger partial charge in [0.25, 0.3) is 0 Å². The molecule has 118 valence electrons. The van der Waals surface area contributed by atoms with Crippen molar-refractivity contribution < 1.29 is 23.8 Å². The van der Waals surface area contributed by atoms with Crippen LogP contribution in [-0.2, 0) is 9.53 Å². The van der Waals surface area contributed by atoms with Crippen LogP contribution < -0.4 is 9.47 Å². The van der Waals surface area contributed by atoms with Gasteiger partial charge in [-0.3, -0.25) is 0 Å². The van der Waals surface area contributed by atoms with Crippen molar-refractivity contribution in [1.82, 2.24) is 0 Å². The van der Waals surface area contributed by atoms with Gasteiger partial charge in [0, 0.05) is 11.6 Å². The number of hydrogen-bond acceptors (Lipinski definition) is 5. The molecule has 0 aromatic heterocycles. The van der Waals surface area contributed by atoms with Gasteiger partial charge in [-0.15, -0.1) is 0 Å². The topological polar surface area (TPSA) is 61.8 Å². The monoisotopic (exact) mass is 312 g/mol. The summed E-state index contributed by atoms with van der Waals surface area (Å²) in [5.41, 5.74) is 1.16. The summed E-state index contributed by atoms with van der Waals surface area (Å²) in [5, 5.41) is 0. The van der Waals surface area contributed by atoms with Crippen molar-refractivity contribution in [3.8, 4) is 11.5 Å². The second kappa shape index (κ2) is 7.79. The van der Waals surface area contributed by atoms with Crippen molar-refractivity contribution in [2.24, 2.45) is 0 Å². The fraction of sp³-hybridized carbons (Fsp3) is 0.111. The smallest absolute Gasteiger partial charge is 0.337 e. The Hall–Kier alpha value is -3.08. The molecule has 0 aliphatic carbocycles. The molecule has 0 atom stereocenters. The minimum absolute atomic E-state index is 0.340. The Kier molecular flexibility index (Phi) is 5.52. The number of rotatable bonds is 5. The summed E-state index contributed by atoms with van der Waals surface area (Å²) in [4.78, 5) is 23.1. The Labute approximate surface area is 134 Å². The highest BCUT2D eigenvalue weighted by Gasteiger charge is 2.06. The molecule has 0 radical (unpaired) electrons. The summed E-state index contributed by atoms with van der Waals surface area (Å²) in [6.07, 6.45) is 2.93. The first-order valence-electron chi connectivity index (χ1n) is 6.85.